The number of halogens is 6. The van der Waals surface area contributed by atoms with Crippen molar-refractivity contribution in [3.8, 4) is 11.1 Å². The second-order valence-corrected chi connectivity index (χ2v) is 4.84. The molecule has 22 heavy (non-hydrogen) atoms. The van der Waals surface area contributed by atoms with Crippen LogP contribution in [0.3, 0.4) is 0 Å². The summed E-state index contributed by atoms with van der Waals surface area (Å²) in [4.78, 5) is 4.05. The molecule has 2 aromatic rings. The van der Waals surface area contributed by atoms with E-state index in [4.69, 9.17) is 0 Å². The fraction of sp³-hybridized carbons (Fsp3) is 0.267. The number of benzene rings is 1. The zero-order chi connectivity index (χ0) is 16.7. The number of aryl methyl sites for hydroxylation is 2. The summed E-state index contributed by atoms with van der Waals surface area (Å²) < 4.78 is 77.3. The van der Waals surface area contributed by atoms with Gasteiger partial charge in [-0.25, -0.2) is 0 Å². The number of nitrogens with zero attached hydrogens (tertiary/aromatic N) is 1. The molecule has 118 valence electrons. The average Bonchev–Trinajstić information content (AvgIpc) is 2.36. The van der Waals surface area contributed by atoms with E-state index in [1.54, 1.807) is 6.92 Å². The SMILES string of the molecule is Cc1ccc(-c2ccc(C(F)(F)F)cc2C(F)(F)F)c(C)n1. The second kappa shape index (κ2) is 5.30. The third-order valence-corrected chi connectivity index (χ3v) is 3.17. The van der Waals surface area contributed by atoms with E-state index in [9.17, 15) is 26.3 Å². The van der Waals surface area contributed by atoms with Crippen LogP contribution in [0.1, 0.15) is 22.5 Å². The highest BCUT2D eigenvalue weighted by atomic mass is 19.4. The van der Waals surface area contributed by atoms with E-state index < -0.39 is 23.5 Å². The van der Waals surface area contributed by atoms with E-state index in [0.29, 0.717) is 17.5 Å². The molecule has 1 aromatic heterocycles. The number of alkyl halides is 6. The van der Waals surface area contributed by atoms with Gasteiger partial charge < -0.3 is 0 Å². The van der Waals surface area contributed by atoms with Crippen molar-refractivity contribution < 1.29 is 26.3 Å². The molecule has 0 radical (unpaired) electrons. The van der Waals surface area contributed by atoms with E-state index in [1.165, 1.54) is 19.1 Å². The highest BCUT2D eigenvalue weighted by Crippen LogP contribution is 2.41. The van der Waals surface area contributed by atoms with Crippen molar-refractivity contribution in [1.82, 2.24) is 4.98 Å². The van der Waals surface area contributed by atoms with Crippen LogP contribution >= 0.6 is 0 Å². The van der Waals surface area contributed by atoms with E-state index in [2.05, 4.69) is 4.98 Å². The Morgan fingerprint density at radius 1 is 0.773 bits per heavy atom. The van der Waals surface area contributed by atoms with Crippen molar-refractivity contribution in [3.63, 3.8) is 0 Å². The zero-order valence-electron chi connectivity index (χ0n) is 11.6. The normalized spacial score (nSPS) is 12.5. The van der Waals surface area contributed by atoms with E-state index >= 15 is 0 Å². The third-order valence-electron chi connectivity index (χ3n) is 3.17. The molecule has 7 heteroatoms. The number of hydrogen-bond acceptors (Lipinski definition) is 1. The highest BCUT2D eigenvalue weighted by molar-refractivity contribution is 5.70. The molecular weight excluding hydrogens is 308 g/mol. The van der Waals surface area contributed by atoms with Crippen molar-refractivity contribution in [3.05, 3.63) is 52.8 Å². The molecule has 0 aliphatic rings. The lowest BCUT2D eigenvalue weighted by atomic mass is 9.96. The molecule has 0 aliphatic heterocycles. The van der Waals surface area contributed by atoms with E-state index in [0.717, 1.165) is 6.07 Å². The summed E-state index contributed by atoms with van der Waals surface area (Å²) >= 11 is 0. The van der Waals surface area contributed by atoms with Gasteiger partial charge in [0.05, 0.1) is 11.1 Å². The standard InChI is InChI=1S/C15H11F6N/c1-8-3-5-11(9(2)22-8)12-6-4-10(14(16,17)18)7-13(12)15(19,20)21/h3-7H,1-2H3. The van der Waals surface area contributed by atoms with Gasteiger partial charge in [-0.3, -0.25) is 4.98 Å². The lowest BCUT2D eigenvalue weighted by Crippen LogP contribution is -2.12. The van der Waals surface area contributed by atoms with Gasteiger partial charge in [0, 0.05) is 17.0 Å². The van der Waals surface area contributed by atoms with Crippen molar-refractivity contribution in [1.29, 1.82) is 0 Å². The molecule has 0 N–H and O–H groups in total. The van der Waals surface area contributed by atoms with Gasteiger partial charge in [0.2, 0.25) is 0 Å². The molecular formula is C15H11F6N. The maximum atomic E-state index is 13.1. The summed E-state index contributed by atoms with van der Waals surface area (Å²) in [6.07, 6.45) is -9.73. The van der Waals surface area contributed by atoms with Gasteiger partial charge in [0.25, 0.3) is 0 Å². The van der Waals surface area contributed by atoms with Crippen LogP contribution in [-0.2, 0) is 12.4 Å². The molecule has 0 saturated carbocycles. The molecule has 1 heterocycles. The molecule has 0 spiro atoms. The van der Waals surface area contributed by atoms with Gasteiger partial charge in [-0.15, -0.1) is 0 Å². The molecule has 0 atom stereocenters. The molecule has 0 amide bonds. The van der Waals surface area contributed by atoms with Crippen molar-refractivity contribution in [2.24, 2.45) is 0 Å². The lowest BCUT2D eigenvalue weighted by molar-refractivity contribution is -0.142. The third kappa shape index (κ3) is 3.23. The molecule has 2 rings (SSSR count). The van der Waals surface area contributed by atoms with Crippen molar-refractivity contribution in [2.45, 2.75) is 26.2 Å². The Balaban J connectivity index is 2.71. The Kier molecular flexibility index (Phi) is 3.93. The van der Waals surface area contributed by atoms with Crippen molar-refractivity contribution in [2.75, 3.05) is 0 Å². The number of rotatable bonds is 1. The van der Waals surface area contributed by atoms with Crippen LogP contribution in [0.2, 0.25) is 0 Å². The number of hydrogen-bond donors (Lipinski definition) is 0. The van der Waals surface area contributed by atoms with E-state index in [1.807, 2.05) is 0 Å². The van der Waals surface area contributed by atoms with Crippen LogP contribution in [-0.4, -0.2) is 4.98 Å². The zero-order valence-corrected chi connectivity index (χ0v) is 11.6. The fourth-order valence-electron chi connectivity index (χ4n) is 2.16. The van der Waals surface area contributed by atoms with Gasteiger partial charge >= 0.3 is 12.4 Å². The van der Waals surface area contributed by atoms with E-state index in [-0.39, 0.29) is 17.2 Å². The first-order valence-electron chi connectivity index (χ1n) is 6.23. The Labute approximate surface area is 122 Å². The predicted molar refractivity (Wildman–Crippen MR) is 69.2 cm³/mol. The topological polar surface area (TPSA) is 12.9 Å². The summed E-state index contributed by atoms with van der Waals surface area (Å²) in [6.45, 7) is 3.19. The smallest absolute Gasteiger partial charge is 0.258 e. The Bertz CT molecular complexity index is 700. The van der Waals surface area contributed by atoms with Gasteiger partial charge in [0.15, 0.2) is 0 Å². The number of pyridine rings is 1. The monoisotopic (exact) mass is 319 g/mol. The first-order chi connectivity index (χ1) is 10.00. The Morgan fingerprint density at radius 2 is 1.36 bits per heavy atom. The predicted octanol–water partition coefficient (Wildman–Crippen LogP) is 5.40. The highest BCUT2D eigenvalue weighted by Gasteiger charge is 2.38. The first-order valence-corrected chi connectivity index (χ1v) is 6.23. The summed E-state index contributed by atoms with van der Waals surface area (Å²) in [5.74, 6) is 0. The lowest BCUT2D eigenvalue weighted by Gasteiger charge is -2.17. The summed E-state index contributed by atoms with van der Waals surface area (Å²) in [5, 5.41) is 0. The fourth-order valence-corrected chi connectivity index (χ4v) is 2.16. The minimum absolute atomic E-state index is 0.134. The minimum atomic E-state index is -4.89. The van der Waals surface area contributed by atoms with Gasteiger partial charge in [-0.2, -0.15) is 26.3 Å². The second-order valence-electron chi connectivity index (χ2n) is 4.84. The molecule has 0 unspecified atom stereocenters. The van der Waals surface area contributed by atoms with Gasteiger partial charge in [-0.05, 0) is 37.6 Å². The van der Waals surface area contributed by atoms with Gasteiger partial charge in [0.1, 0.15) is 0 Å². The summed E-state index contributed by atoms with van der Waals surface area (Å²) in [7, 11) is 0. The summed E-state index contributed by atoms with van der Waals surface area (Å²) in [6, 6.07) is 4.55. The van der Waals surface area contributed by atoms with Crippen LogP contribution in [0.4, 0.5) is 26.3 Å². The van der Waals surface area contributed by atoms with Crippen LogP contribution in [0.25, 0.3) is 11.1 Å². The van der Waals surface area contributed by atoms with Gasteiger partial charge in [-0.1, -0.05) is 12.1 Å². The Hall–Kier alpha value is -2.05. The summed E-state index contributed by atoms with van der Waals surface area (Å²) in [5.41, 5.74) is -1.87. The van der Waals surface area contributed by atoms with Crippen LogP contribution in [0.5, 0.6) is 0 Å². The average molecular weight is 319 g/mol. The minimum Gasteiger partial charge on any atom is -0.258 e. The van der Waals surface area contributed by atoms with Crippen LogP contribution < -0.4 is 0 Å². The Morgan fingerprint density at radius 3 is 1.86 bits per heavy atom. The maximum absolute atomic E-state index is 13.1. The number of aromatic nitrogens is 1. The molecule has 0 saturated heterocycles. The molecule has 1 aromatic carbocycles. The van der Waals surface area contributed by atoms with Crippen LogP contribution in [0, 0.1) is 13.8 Å². The molecule has 1 nitrogen and oxygen atoms in total. The maximum Gasteiger partial charge on any atom is 0.417 e. The molecule has 0 bridgehead atoms. The quantitative estimate of drug-likeness (QED) is 0.641. The molecule has 0 aliphatic carbocycles. The molecule has 0 fully saturated rings. The van der Waals surface area contributed by atoms with Crippen LogP contribution in [0.15, 0.2) is 30.3 Å². The largest absolute Gasteiger partial charge is 0.417 e. The van der Waals surface area contributed by atoms with Crippen molar-refractivity contribution >= 4 is 0 Å². The first kappa shape index (κ1) is 16.3.